The Bertz CT molecular complexity index is 308. The van der Waals surface area contributed by atoms with Crippen molar-refractivity contribution >= 4 is 5.91 Å². The van der Waals surface area contributed by atoms with Gasteiger partial charge in [0.15, 0.2) is 0 Å². The minimum atomic E-state index is 0.0606. The van der Waals surface area contributed by atoms with Gasteiger partial charge in [0.25, 0.3) is 0 Å². The van der Waals surface area contributed by atoms with Crippen molar-refractivity contribution in [1.82, 2.24) is 5.32 Å². The van der Waals surface area contributed by atoms with E-state index in [1.54, 1.807) is 6.26 Å². The fourth-order valence-corrected chi connectivity index (χ4v) is 1.63. The van der Waals surface area contributed by atoms with E-state index in [4.69, 9.17) is 9.52 Å². The standard InChI is InChI=1S/C13H21NO3/c1-11(7-8-12-5-4-10-17-12)14-13(16)6-2-3-9-15/h4-5,10-11,15H,2-3,6-9H2,1H3,(H,14,16). The third-order valence-corrected chi connectivity index (χ3v) is 2.62. The van der Waals surface area contributed by atoms with Crippen molar-refractivity contribution in [3.05, 3.63) is 24.2 Å². The predicted molar refractivity (Wildman–Crippen MR) is 65.6 cm³/mol. The van der Waals surface area contributed by atoms with Crippen LogP contribution in [-0.4, -0.2) is 23.7 Å². The molecule has 0 saturated carbocycles. The van der Waals surface area contributed by atoms with Crippen molar-refractivity contribution in [2.24, 2.45) is 0 Å². The highest BCUT2D eigenvalue weighted by molar-refractivity contribution is 5.76. The van der Waals surface area contributed by atoms with Crippen molar-refractivity contribution in [3.63, 3.8) is 0 Å². The van der Waals surface area contributed by atoms with Crippen LogP contribution in [0, 0.1) is 0 Å². The maximum absolute atomic E-state index is 11.5. The van der Waals surface area contributed by atoms with Gasteiger partial charge in [0.2, 0.25) is 5.91 Å². The summed E-state index contributed by atoms with van der Waals surface area (Å²) in [5.41, 5.74) is 0. The van der Waals surface area contributed by atoms with Crippen LogP contribution in [0.25, 0.3) is 0 Å². The lowest BCUT2D eigenvalue weighted by molar-refractivity contribution is -0.121. The fourth-order valence-electron chi connectivity index (χ4n) is 1.63. The molecule has 0 aromatic carbocycles. The molecule has 4 heteroatoms. The van der Waals surface area contributed by atoms with Crippen molar-refractivity contribution in [3.8, 4) is 0 Å². The highest BCUT2D eigenvalue weighted by Gasteiger charge is 2.07. The number of amides is 1. The van der Waals surface area contributed by atoms with E-state index < -0.39 is 0 Å². The Kier molecular flexibility index (Phi) is 6.40. The van der Waals surface area contributed by atoms with Gasteiger partial charge in [-0.3, -0.25) is 4.79 Å². The molecule has 4 nitrogen and oxygen atoms in total. The largest absolute Gasteiger partial charge is 0.469 e. The first kappa shape index (κ1) is 13.8. The zero-order valence-corrected chi connectivity index (χ0v) is 10.3. The molecule has 1 rings (SSSR count). The van der Waals surface area contributed by atoms with Crippen molar-refractivity contribution in [2.75, 3.05) is 6.61 Å². The zero-order valence-electron chi connectivity index (χ0n) is 10.3. The van der Waals surface area contributed by atoms with E-state index in [1.165, 1.54) is 0 Å². The number of aliphatic hydroxyl groups excluding tert-OH is 1. The number of aliphatic hydroxyl groups is 1. The SMILES string of the molecule is CC(CCc1ccco1)NC(=O)CCCCO. The molecule has 2 N–H and O–H groups in total. The fraction of sp³-hybridized carbons (Fsp3) is 0.615. The van der Waals surface area contributed by atoms with Gasteiger partial charge >= 0.3 is 0 Å². The van der Waals surface area contributed by atoms with Crippen LogP contribution >= 0.6 is 0 Å². The molecular weight excluding hydrogens is 218 g/mol. The molecule has 1 unspecified atom stereocenters. The normalized spacial score (nSPS) is 12.4. The lowest BCUT2D eigenvalue weighted by Crippen LogP contribution is -2.32. The van der Waals surface area contributed by atoms with Crippen molar-refractivity contribution in [2.45, 2.75) is 45.1 Å². The molecule has 17 heavy (non-hydrogen) atoms. The molecule has 1 amide bonds. The number of hydrogen-bond donors (Lipinski definition) is 2. The summed E-state index contributed by atoms with van der Waals surface area (Å²) < 4.78 is 5.23. The number of furan rings is 1. The summed E-state index contributed by atoms with van der Waals surface area (Å²) in [6, 6.07) is 3.96. The van der Waals surface area contributed by atoms with Crippen molar-refractivity contribution in [1.29, 1.82) is 0 Å². The van der Waals surface area contributed by atoms with E-state index in [9.17, 15) is 4.79 Å². The number of hydrogen-bond acceptors (Lipinski definition) is 3. The summed E-state index contributed by atoms with van der Waals surface area (Å²) >= 11 is 0. The number of carbonyl (C=O) groups is 1. The number of aryl methyl sites for hydroxylation is 1. The smallest absolute Gasteiger partial charge is 0.220 e. The molecule has 0 aliphatic heterocycles. The van der Waals surface area contributed by atoms with E-state index >= 15 is 0 Å². The molecule has 1 atom stereocenters. The van der Waals surface area contributed by atoms with E-state index in [2.05, 4.69) is 5.32 Å². The average Bonchev–Trinajstić information content (AvgIpc) is 2.79. The van der Waals surface area contributed by atoms with Gasteiger partial charge in [-0.2, -0.15) is 0 Å². The highest BCUT2D eigenvalue weighted by atomic mass is 16.3. The van der Waals surface area contributed by atoms with E-state index in [-0.39, 0.29) is 18.6 Å². The summed E-state index contributed by atoms with van der Waals surface area (Å²) in [5, 5.41) is 11.5. The zero-order chi connectivity index (χ0) is 12.5. The number of rotatable bonds is 8. The Balaban J connectivity index is 2.11. The Labute approximate surface area is 102 Å². The van der Waals surface area contributed by atoms with Crippen LogP contribution in [0.3, 0.4) is 0 Å². The van der Waals surface area contributed by atoms with Crippen LogP contribution in [-0.2, 0) is 11.2 Å². The molecule has 1 aromatic heterocycles. The summed E-state index contributed by atoms with van der Waals surface area (Å²) in [6.07, 6.45) is 5.30. The van der Waals surface area contributed by atoms with Crippen LogP contribution in [0.5, 0.6) is 0 Å². The Morgan fingerprint density at radius 1 is 1.53 bits per heavy atom. The summed E-state index contributed by atoms with van der Waals surface area (Å²) in [4.78, 5) is 11.5. The van der Waals surface area contributed by atoms with Gasteiger partial charge in [-0.15, -0.1) is 0 Å². The van der Waals surface area contributed by atoms with Crippen LogP contribution in [0.15, 0.2) is 22.8 Å². The lowest BCUT2D eigenvalue weighted by atomic mass is 10.1. The summed E-state index contributed by atoms with van der Waals surface area (Å²) in [7, 11) is 0. The second-order valence-electron chi connectivity index (χ2n) is 4.27. The molecule has 1 heterocycles. The number of unbranched alkanes of at least 4 members (excludes halogenated alkanes) is 1. The first-order chi connectivity index (χ1) is 8.22. The van der Waals surface area contributed by atoms with Crippen LogP contribution in [0.2, 0.25) is 0 Å². The quantitative estimate of drug-likeness (QED) is 0.681. The highest BCUT2D eigenvalue weighted by Crippen LogP contribution is 2.06. The Morgan fingerprint density at radius 3 is 3.00 bits per heavy atom. The molecular formula is C13H21NO3. The molecule has 0 bridgehead atoms. The van der Waals surface area contributed by atoms with Gasteiger partial charge in [-0.25, -0.2) is 0 Å². The molecule has 0 aliphatic carbocycles. The summed E-state index contributed by atoms with van der Waals surface area (Å²) in [5.74, 6) is 1.01. The third kappa shape index (κ3) is 6.12. The molecule has 96 valence electrons. The van der Waals surface area contributed by atoms with Crippen LogP contribution < -0.4 is 5.32 Å². The second-order valence-corrected chi connectivity index (χ2v) is 4.27. The average molecular weight is 239 g/mol. The number of nitrogens with one attached hydrogen (secondary N) is 1. The topological polar surface area (TPSA) is 62.5 Å². The van der Waals surface area contributed by atoms with Crippen molar-refractivity contribution < 1.29 is 14.3 Å². The van der Waals surface area contributed by atoms with Gasteiger partial charge in [-0.05, 0) is 38.3 Å². The second kappa shape index (κ2) is 7.90. The lowest BCUT2D eigenvalue weighted by Gasteiger charge is -2.12. The van der Waals surface area contributed by atoms with Gasteiger partial charge in [0.1, 0.15) is 5.76 Å². The molecule has 0 fully saturated rings. The van der Waals surface area contributed by atoms with Gasteiger partial charge in [0.05, 0.1) is 6.26 Å². The minimum Gasteiger partial charge on any atom is -0.469 e. The molecule has 0 spiro atoms. The first-order valence-corrected chi connectivity index (χ1v) is 6.15. The first-order valence-electron chi connectivity index (χ1n) is 6.15. The van der Waals surface area contributed by atoms with E-state index in [0.717, 1.165) is 25.0 Å². The molecule has 0 saturated heterocycles. The molecule has 0 radical (unpaired) electrons. The summed E-state index contributed by atoms with van der Waals surface area (Å²) in [6.45, 7) is 2.15. The molecule has 1 aromatic rings. The third-order valence-electron chi connectivity index (χ3n) is 2.62. The van der Waals surface area contributed by atoms with E-state index in [1.807, 2.05) is 19.1 Å². The number of carbonyl (C=O) groups excluding carboxylic acids is 1. The molecule has 0 aliphatic rings. The minimum absolute atomic E-state index is 0.0606. The van der Waals surface area contributed by atoms with Crippen LogP contribution in [0.4, 0.5) is 0 Å². The van der Waals surface area contributed by atoms with Crippen LogP contribution in [0.1, 0.15) is 38.4 Å². The van der Waals surface area contributed by atoms with Gasteiger partial charge in [-0.1, -0.05) is 0 Å². The Morgan fingerprint density at radius 2 is 2.35 bits per heavy atom. The predicted octanol–water partition coefficient (Wildman–Crippen LogP) is 1.88. The van der Waals surface area contributed by atoms with Gasteiger partial charge in [0, 0.05) is 25.5 Å². The Hall–Kier alpha value is -1.29. The maximum Gasteiger partial charge on any atom is 0.220 e. The van der Waals surface area contributed by atoms with Gasteiger partial charge < -0.3 is 14.8 Å². The van der Waals surface area contributed by atoms with E-state index in [0.29, 0.717) is 12.8 Å². The monoisotopic (exact) mass is 239 g/mol. The maximum atomic E-state index is 11.5.